The molecule has 0 N–H and O–H groups in total. The molecule has 1 aliphatic rings. The molecule has 1 aliphatic heterocycles. The van der Waals surface area contributed by atoms with Gasteiger partial charge in [0, 0.05) is 11.1 Å². The first kappa shape index (κ1) is 27.0. The highest BCUT2D eigenvalue weighted by molar-refractivity contribution is 8.18. The molecule has 8 nitrogen and oxygen atoms in total. The molecule has 1 fully saturated rings. The van der Waals surface area contributed by atoms with Crippen LogP contribution in [0.2, 0.25) is 5.02 Å². The van der Waals surface area contributed by atoms with E-state index in [2.05, 4.69) is 0 Å². The van der Waals surface area contributed by atoms with Crippen molar-refractivity contribution in [1.29, 1.82) is 0 Å². The van der Waals surface area contributed by atoms with Gasteiger partial charge < -0.3 is 9.47 Å². The monoisotopic (exact) mass is 564 g/mol. The fourth-order valence-corrected chi connectivity index (χ4v) is 4.34. The first-order valence-corrected chi connectivity index (χ1v) is 12.0. The summed E-state index contributed by atoms with van der Waals surface area (Å²) in [6.45, 7) is 0.0908. The van der Waals surface area contributed by atoms with E-state index in [0.29, 0.717) is 28.5 Å². The predicted molar refractivity (Wildman–Crippen MR) is 134 cm³/mol. The fraction of sp³-hybridized carbons (Fsp3) is 0.120. The van der Waals surface area contributed by atoms with Crippen LogP contribution >= 0.6 is 23.4 Å². The largest absolute Gasteiger partial charge is 0.492 e. The van der Waals surface area contributed by atoms with Gasteiger partial charge in [-0.3, -0.25) is 24.6 Å². The Kier molecular flexibility index (Phi) is 7.93. The topological polar surface area (TPSA) is 99.0 Å². The number of ether oxygens (including phenoxy) is 2. The molecule has 3 aromatic rings. The van der Waals surface area contributed by atoms with Gasteiger partial charge >= 0.3 is 11.9 Å². The van der Waals surface area contributed by atoms with Gasteiger partial charge in [-0.25, -0.2) is 0 Å². The van der Waals surface area contributed by atoms with Crippen molar-refractivity contribution in [3.8, 4) is 17.2 Å². The van der Waals surface area contributed by atoms with E-state index in [1.54, 1.807) is 30.3 Å². The van der Waals surface area contributed by atoms with Crippen LogP contribution in [0, 0.1) is 10.1 Å². The van der Waals surface area contributed by atoms with E-state index in [1.165, 1.54) is 24.3 Å². The second-order valence-corrected chi connectivity index (χ2v) is 9.18. The lowest BCUT2D eigenvalue weighted by Gasteiger charge is -2.13. The predicted octanol–water partition coefficient (Wildman–Crippen LogP) is 7.17. The zero-order chi connectivity index (χ0) is 27.4. The minimum atomic E-state index is -4.76. The Bertz CT molecular complexity index is 1430. The molecule has 0 spiro atoms. The highest BCUT2D eigenvalue weighted by Crippen LogP contribution is 2.38. The second-order valence-electron chi connectivity index (χ2n) is 7.75. The van der Waals surface area contributed by atoms with Crippen molar-refractivity contribution in [2.75, 3.05) is 13.2 Å². The fourth-order valence-electron chi connectivity index (χ4n) is 3.35. The number of nitro groups is 1. The van der Waals surface area contributed by atoms with E-state index in [0.717, 1.165) is 22.7 Å². The zero-order valence-electron chi connectivity index (χ0n) is 19.1. The summed E-state index contributed by atoms with van der Waals surface area (Å²) in [4.78, 5) is 36.6. The molecule has 0 unspecified atom stereocenters. The van der Waals surface area contributed by atoms with Crippen molar-refractivity contribution < 1.29 is 37.2 Å². The lowest BCUT2D eigenvalue weighted by molar-refractivity contribution is -0.385. The van der Waals surface area contributed by atoms with Crippen molar-refractivity contribution in [2.45, 2.75) is 6.18 Å². The van der Waals surface area contributed by atoms with Crippen molar-refractivity contribution >= 4 is 46.3 Å². The van der Waals surface area contributed by atoms with Crippen molar-refractivity contribution in [3.05, 3.63) is 97.9 Å². The summed E-state index contributed by atoms with van der Waals surface area (Å²) in [6.07, 6.45) is -3.31. The summed E-state index contributed by atoms with van der Waals surface area (Å²) in [7, 11) is 0. The SMILES string of the molecule is O=C1S/C(=C\c2cccc(Oc3ccc(C(F)(F)F)cc3[N+](=O)[O-])c2)C(=O)N1CCOc1ccc(Cl)cc1. The van der Waals surface area contributed by atoms with Crippen LogP contribution < -0.4 is 9.47 Å². The molecular weight excluding hydrogens is 549 g/mol. The number of thioether (sulfide) groups is 1. The molecule has 0 atom stereocenters. The number of imide groups is 1. The van der Waals surface area contributed by atoms with E-state index in [-0.39, 0.29) is 29.6 Å². The van der Waals surface area contributed by atoms with E-state index < -0.39 is 33.5 Å². The zero-order valence-corrected chi connectivity index (χ0v) is 20.7. The average Bonchev–Trinajstić information content (AvgIpc) is 3.12. The highest BCUT2D eigenvalue weighted by Gasteiger charge is 2.35. The lowest BCUT2D eigenvalue weighted by Crippen LogP contribution is -2.32. The molecule has 38 heavy (non-hydrogen) atoms. The molecule has 13 heteroatoms. The second kappa shape index (κ2) is 11.2. The maximum absolute atomic E-state index is 12.9. The minimum Gasteiger partial charge on any atom is -0.492 e. The number of halogens is 4. The summed E-state index contributed by atoms with van der Waals surface area (Å²) in [5.74, 6) is -0.301. The minimum absolute atomic E-state index is 0.0192. The Labute approximate surface area is 222 Å². The quantitative estimate of drug-likeness (QED) is 0.162. The molecule has 0 aromatic heterocycles. The summed E-state index contributed by atoms with van der Waals surface area (Å²) in [5.41, 5.74) is -1.60. The molecule has 0 bridgehead atoms. The molecule has 1 heterocycles. The molecule has 2 amide bonds. The number of benzene rings is 3. The van der Waals surface area contributed by atoms with E-state index in [9.17, 15) is 32.9 Å². The Hall–Kier alpha value is -4.03. The molecule has 3 aromatic carbocycles. The van der Waals surface area contributed by atoms with Crippen LogP contribution in [0.3, 0.4) is 0 Å². The maximum Gasteiger partial charge on any atom is 0.416 e. The van der Waals surface area contributed by atoms with Crippen LogP contribution in [-0.2, 0) is 11.0 Å². The van der Waals surface area contributed by atoms with Gasteiger partial charge in [-0.1, -0.05) is 23.7 Å². The van der Waals surface area contributed by atoms with Crippen LogP contribution in [0.1, 0.15) is 11.1 Å². The third kappa shape index (κ3) is 6.45. The first-order chi connectivity index (χ1) is 18.0. The normalized spacial score (nSPS) is 14.7. The van der Waals surface area contributed by atoms with Crippen LogP contribution in [0.15, 0.2) is 71.6 Å². The Morgan fingerprint density at radius 3 is 2.45 bits per heavy atom. The smallest absolute Gasteiger partial charge is 0.416 e. The third-order valence-electron chi connectivity index (χ3n) is 5.14. The molecule has 4 rings (SSSR count). The van der Waals surface area contributed by atoms with Crippen molar-refractivity contribution in [2.24, 2.45) is 0 Å². The number of amides is 2. The summed E-state index contributed by atoms with van der Waals surface area (Å²) >= 11 is 6.56. The number of nitro benzene ring substituents is 1. The summed E-state index contributed by atoms with van der Waals surface area (Å²) in [6, 6.07) is 14.6. The first-order valence-electron chi connectivity index (χ1n) is 10.8. The summed E-state index contributed by atoms with van der Waals surface area (Å²) in [5, 5.41) is 11.4. The van der Waals surface area contributed by atoms with Gasteiger partial charge in [0.25, 0.3) is 11.1 Å². The van der Waals surface area contributed by atoms with Gasteiger partial charge in [0.2, 0.25) is 5.75 Å². The maximum atomic E-state index is 12.9. The van der Waals surface area contributed by atoms with E-state index >= 15 is 0 Å². The van der Waals surface area contributed by atoms with Gasteiger partial charge in [-0.15, -0.1) is 0 Å². The number of rotatable bonds is 8. The van der Waals surface area contributed by atoms with E-state index in [4.69, 9.17) is 21.1 Å². The molecule has 196 valence electrons. The Morgan fingerprint density at radius 2 is 1.76 bits per heavy atom. The number of carbonyl (C=O) groups excluding carboxylic acids is 2. The molecular formula is C25H16ClF3N2O6S. The van der Waals surface area contributed by atoms with Gasteiger partial charge in [-0.2, -0.15) is 13.2 Å². The van der Waals surface area contributed by atoms with Crippen LogP contribution in [0.4, 0.5) is 23.7 Å². The van der Waals surface area contributed by atoms with Crippen LogP contribution in [0.5, 0.6) is 17.2 Å². The lowest BCUT2D eigenvalue weighted by atomic mass is 10.1. The number of alkyl halides is 3. The number of nitrogens with zero attached hydrogens (tertiary/aromatic N) is 2. The molecule has 1 saturated heterocycles. The number of hydrogen-bond donors (Lipinski definition) is 0. The van der Waals surface area contributed by atoms with E-state index in [1.807, 2.05) is 0 Å². The van der Waals surface area contributed by atoms with Gasteiger partial charge in [-0.05, 0) is 71.9 Å². The number of hydrogen-bond acceptors (Lipinski definition) is 7. The highest BCUT2D eigenvalue weighted by atomic mass is 35.5. The Balaban J connectivity index is 1.46. The van der Waals surface area contributed by atoms with Crippen LogP contribution in [0.25, 0.3) is 6.08 Å². The molecule has 0 saturated carbocycles. The molecule has 0 radical (unpaired) electrons. The average molecular weight is 565 g/mol. The van der Waals surface area contributed by atoms with Crippen molar-refractivity contribution in [3.63, 3.8) is 0 Å². The van der Waals surface area contributed by atoms with Crippen LogP contribution in [-0.4, -0.2) is 34.1 Å². The van der Waals surface area contributed by atoms with Gasteiger partial charge in [0.15, 0.2) is 0 Å². The summed E-state index contributed by atoms with van der Waals surface area (Å²) < 4.78 is 49.9. The van der Waals surface area contributed by atoms with Crippen molar-refractivity contribution in [1.82, 2.24) is 4.90 Å². The number of carbonyl (C=O) groups is 2. The Morgan fingerprint density at radius 1 is 1.03 bits per heavy atom. The standard InChI is InChI=1S/C25H16ClF3N2O6S/c26-17-5-7-18(8-6-17)36-11-10-30-23(32)22(38-24(30)33)13-15-2-1-3-19(12-15)37-21-9-4-16(25(27,28)29)14-20(21)31(34)35/h1-9,12-14H,10-11H2/b22-13-. The van der Waals surface area contributed by atoms with Gasteiger partial charge in [0.1, 0.15) is 18.1 Å². The third-order valence-corrected chi connectivity index (χ3v) is 6.30. The van der Waals surface area contributed by atoms with Gasteiger partial charge in [0.05, 0.1) is 21.9 Å². The molecule has 0 aliphatic carbocycles.